The first kappa shape index (κ1) is 13.1. The van der Waals surface area contributed by atoms with E-state index in [1.54, 1.807) is 0 Å². The Balaban J connectivity index is 1.70. The summed E-state index contributed by atoms with van der Waals surface area (Å²) in [7, 11) is 0. The summed E-state index contributed by atoms with van der Waals surface area (Å²) >= 11 is 0. The molecule has 1 atom stereocenters. The predicted molar refractivity (Wildman–Crippen MR) is 72.3 cm³/mol. The SMILES string of the molecule is CCc1nc(COc2ccc3c(c2)C(O)CCC3)no1. The minimum Gasteiger partial charge on any atom is -0.485 e. The van der Waals surface area contributed by atoms with Gasteiger partial charge in [-0.1, -0.05) is 18.1 Å². The van der Waals surface area contributed by atoms with Crippen LogP contribution < -0.4 is 4.74 Å². The van der Waals surface area contributed by atoms with Gasteiger partial charge in [0, 0.05) is 6.42 Å². The molecule has 1 aliphatic rings. The number of benzene rings is 1. The Morgan fingerprint density at radius 1 is 1.45 bits per heavy atom. The van der Waals surface area contributed by atoms with Gasteiger partial charge in [0.05, 0.1) is 6.10 Å². The van der Waals surface area contributed by atoms with Crippen molar-refractivity contribution in [3.8, 4) is 5.75 Å². The fourth-order valence-electron chi connectivity index (χ4n) is 2.48. The quantitative estimate of drug-likeness (QED) is 0.928. The lowest BCUT2D eigenvalue weighted by molar-refractivity contribution is 0.156. The maximum atomic E-state index is 10.0. The topological polar surface area (TPSA) is 68.4 Å². The van der Waals surface area contributed by atoms with Crippen LogP contribution >= 0.6 is 0 Å². The van der Waals surface area contributed by atoms with Crippen LogP contribution in [0.25, 0.3) is 0 Å². The minimum absolute atomic E-state index is 0.276. The van der Waals surface area contributed by atoms with Gasteiger partial charge in [0.1, 0.15) is 5.75 Å². The number of rotatable bonds is 4. The lowest BCUT2D eigenvalue weighted by Crippen LogP contribution is -2.09. The Labute approximate surface area is 117 Å². The summed E-state index contributed by atoms with van der Waals surface area (Å²) in [5.74, 6) is 1.89. The van der Waals surface area contributed by atoms with Crippen LogP contribution in [0.2, 0.25) is 0 Å². The number of aliphatic hydroxyl groups excluding tert-OH is 1. The average Bonchev–Trinajstić information content (AvgIpc) is 2.94. The van der Waals surface area contributed by atoms with Crippen LogP contribution in [0.3, 0.4) is 0 Å². The summed E-state index contributed by atoms with van der Waals surface area (Å²) in [5.41, 5.74) is 2.19. The van der Waals surface area contributed by atoms with Crippen molar-refractivity contribution < 1.29 is 14.4 Å². The molecule has 1 aromatic heterocycles. The van der Waals surface area contributed by atoms with Crippen molar-refractivity contribution in [3.05, 3.63) is 41.0 Å². The molecule has 3 rings (SSSR count). The van der Waals surface area contributed by atoms with E-state index in [-0.39, 0.29) is 12.7 Å². The molecule has 106 valence electrons. The van der Waals surface area contributed by atoms with Crippen LogP contribution in [-0.4, -0.2) is 15.2 Å². The first-order valence-corrected chi connectivity index (χ1v) is 7.01. The van der Waals surface area contributed by atoms with E-state index in [1.165, 1.54) is 5.56 Å². The molecule has 0 radical (unpaired) electrons. The Bertz CT molecular complexity index is 595. The molecule has 1 unspecified atom stereocenters. The summed E-state index contributed by atoms with van der Waals surface area (Å²) in [6, 6.07) is 5.87. The zero-order valence-corrected chi connectivity index (χ0v) is 11.5. The van der Waals surface area contributed by atoms with E-state index in [4.69, 9.17) is 9.26 Å². The summed E-state index contributed by atoms with van der Waals surface area (Å²) in [4.78, 5) is 4.19. The molecular formula is C15H18N2O3. The van der Waals surface area contributed by atoms with Gasteiger partial charge in [0.2, 0.25) is 11.7 Å². The third-order valence-electron chi connectivity index (χ3n) is 3.58. The summed E-state index contributed by atoms with van der Waals surface area (Å²) in [5, 5.41) is 13.9. The van der Waals surface area contributed by atoms with Crippen LogP contribution in [0.5, 0.6) is 5.75 Å². The highest BCUT2D eigenvalue weighted by Gasteiger charge is 2.18. The number of hydrogen-bond donors (Lipinski definition) is 1. The molecule has 20 heavy (non-hydrogen) atoms. The number of aryl methyl sites for hydroxylation is 2. The molecule has 0 spiro atoms. The van der Waals surface area contributed by atoms with Crippen molar-refractivity contribution in [3.63, 3.8) is 0 Å². The highest BCUT2D eigenvalue weighted by atomic mass is 16.5. The zero-order valence-electron chi connectivity index (χ0n) is 11.5. The van der Waals surface area contributed by atoms with Gasteiger partial charge in [-0.05, 0) is 42.5 Å². The van der Waals surface area contributed by atoms with E-state index >= 15 is 0 Å². The standard InChI is InChI=1S/C15H18N2O3/c1-2-15-16-14(17-20-15)9-19-11-7-6-10-4-3-5-13(18)12(10)8-11/h6-8,13,18H,2-5,9H2,1H3. The first-order chi connectivity index (χ1) is 9.76. The third kappa shape index (κ3) is 2.67. The van der Waals surface area contributed by atoms with E-state index in [9.17, 15) is 5.11 Å². The Morgan fingerprint density at radius 2 is 2.35 bits per heavy atom. The largest absolute Gasteiger partial charge is 0.485 e. The van der Waals surface area contributed by atoms with E-state index in [2.05, 4.69) is 10.1 Å². The van der Waals surface area contributed by atoms with Gasteiger partial charge in [0.15, 0.2) is 6.61 Å². The molecule has 0 aliphatic heterocycles. The lowest BCUT2D eigenvalue weighted by atomic mass is 9.89. The van der Waals surface area contributed by atoms with Crippen LogP contribution in [0.4, 0.5) is 0 Å². The van der Waals surface area contributed by atoms with Crippen molar-refractivity contribution >= 4 is 0 Å². The normalized spacial score (nSPS) is 17.8. The van der Waals surface area contributed by atoms with Crippen molar-refractivity contribution in [2.45, 2.75) is 45.3 Å². The van der Waals surface area contributed by atoms with Crippen LogP contribution in [0.1, 0.15) is 48.7 Å². The highest BCUT2D eigenvalue weighted by Crippen LogP contribution is 2.32. The molecule has 0 saturated carbocycles. The molecule has 1 aliphatic carbocycles. The van der Waals surface area contributed by atoms with Gasteiger partial charge in [-0.3, -0.25) is 0 Å². The van der Waals surface area contributed by atoms with Gasteiger partial charge >= 0.3 is 0 Å². The second-order valence-electron chi connectivity index (χ2n) is 5.02. The third-order valence-corrected chi connectivity index (χ3v) is 3.58. The van der Waals surface area contributed by atoms with Crippen molar-refractivity contribution in [1.29, 1.82) is 0 Å². The number of aliphatic hydroxyl groups is 1. The van der Waals surface area contributed by atoms with E-state index in [1.807, 2.05) is 25.1 Å². The predicted octanol–water partition coefficient (Wildman–Crippen LogP) is 2.58. The summed E-state index contributed by atoms with van der Waals surface area (Å²) in [6.45, 7) is 2.24. The van der Waals surface area contributed by atoms with Gasteiger partial charge in [0.25, 0.3) is 0 Å². The fourth-order valence-corrected chi connectivity index (χ4v) is 2.48. The average molecular weight is 274 g/mol. The molecular weight excluding hydrogens is 256 g/mol. The van der Waals surface area contributed by atoms with Crippen LogP contribution in [-0.2, 0) is 19.4 Å². The maximum absolute atomic E-state index is 10.0. The number of hydrogen-bond acceptors (Lipinski definition) is 5. The number of fused-ring (bicyclic) bond motifs is 1. The molecule has 5 heteroatoms. The first-order valence-electron chi connectivity index (χ1n) is 7.01. The van der Waals surface area contributed by atoms with Gasteiger partial charge in [-0.25, -0.2) is 0 Å². The van der Waals surface area contributed by atoms with E-state index in [0.29, 0.717) is 11.7 Å². The summed E-state index contributed by atoms with van der Waals surface area (Å²) < 4.78 is 10.7. The smallest absolute Gasteiger partial charge is 0.226 e. The summed E-state index contributed by atoms with van der Waals surface area (Å²) in [6.07, 6.45) is 3.23. The van der Waals surface area contributed by atoms with Crippen LogP contribution in [0.15, 0.2) is 22.7 Å². The molecule has 1 heterocycles. The second kappa shape index (κ2) is 5.63. The molecule has 1 N–H and O–H groups in total. The Kier molecular flexibility index (Phi) is 3.69. The van der Waals surface area contributed by atoms with Crippen molar-refractivity contribution in [1.82, 2.24) is 10.1 Å². The van der Waals surface area contributed by atoms with Gasteiger partial charge in [-0.2, -0.15) is 4.98 Å². The minimum atomic E-state index is -0.376. The van der Waals surface area contributed by atoms with Crippen molar-refractivity contribution in [2.75, 3.05) is 0 Å². The van der Waals surface area contributed by atoms with E-state index in [0.717, 1.165) is 37.0 Å². The molecule has 0 bridgehead atoms. The Morgan fingerprint density at radius 3 is 3.15 bits per heavy atom. The molecule has 2 aromatic rings. The Hall–Kier alpha value is -1.88. The molecule has 1 aromatic carbocycles. The zero-order chi connectivity index (χ0) is 13.9. The molecule has 0 amide bonds. The van der Waals surface area contributed by atoms with Crippen LogP contribution in [0, 0.1) is 0 Å². The lowest BCUT2D eigenvalue weighted by Gasteiger charge is -2.21. The van der Waals surface area contributed by atoms with E-state index < -0.39 is 0 Å². The van der Waals surface area contributed by atoms with Gasteiger partial charge in [-0.15, -0.1) is 0 Å². The number of aromatic nitrogens is 2. The van der Waals surface area contributed by atoms with Crippen molar-refractivity contribution in [2.24, 2.45) is 0 Å². The maximum Gasteiger partial charge on any atom is 0.226 e. The fraction of sp³-hybridized carbons (Fsp3) is 0.467. The monoisotopic (exact) mass is 274 g/mol. The second-order valence-corrected chi connectivity index (χ2v) is 5.02. The molecule has 0 saturated heterocycles. The molecule has 0 fully saturated rings. The highest BCUT2D eigenvalue weighted by molar-refractivity contribution is 5.38. The number of ether oxygens (including phenoxy) is 1. The number of nitrogens with zero attached hydrogens (tertiary/aromatic N) is 2. The van der Waals surface area contributed by atoms with Gasteiger partial charge < -0.3 is 14.4 Å². The molecule has 5 nitrogen and oxygen atoms in total.